The highest BCUT2D eigenvalue weighted by Gasteiger charge is 2.47. The molecule has 0 bridgehead atoms. The maximum absolute atomic E-state index is 12.3. The Labute approximate surface area is 113 Å². The zero-order valence-electron chi connectivity index (χ0n) is 12.2. The van der Waals surface area contributed by atoms with E-state index in [1.807, 2.05) is 34.6 Å². The lowest BCUT2D eigenvalue weighted by molar-refractivity contribution is -0.169. The third kappa shape index (κ3) is 4.61. The number of hydrogen-bond acceptors (Lipinski definition) is 5. The topological polar surface area (TPSA) is 63.6 Å². The van der Waals surface area contributed by atoms with Gasteiger partial charge < -0.3 is 9.84 Å². The molecule has 0 amide bonds. The minimum Gasteiger partial charge on any atom is -0.467 e. The third-order valence-electron chi connectivity index (χ3n) is 2.53. The van der Waals surface area contributed by atoms with Crippen molar-refractivity contribution >= 4 is 22.8 Å². The number of carbonyl (C=O) groups excluding carboxylic acids is 2. The molecule has 0 heterocycles. The monoisotopic (exact) mass is 276 g/mol. The van der Waals surface area contributed by atoms with E-state index in [1.165, 1.54) is 14.0 Å². The number of ether oxygens (including phenoxy) is 1. The Balaban J connectivity index is 5.21. The summed E-state index contributed by atoms with van der Waals surface area (Å²) in [7, 11) is 1.20. The Hall–Kier alpha value is -0.550. The molecular formula is C13H24O4S. The maximum atomic E-state index is 12.3. The first-order valence-corrected chi connectivity index (χ1v) is 6.78. The minimum atomic E-state index is -1.79. The van der Waals surface area contributed by atoms with Gasteiger partial charge in [0.15, 0.2) is 10.7 Å². The second kappa shape index (κ2) is 6.06. The lowest BCUT2D eigenvalue weighted by Crippen LogP contribution is -2.49. The first kappa shape index (κ1) is 17.4. The van der Waals surface area contributed by atoms with Crippen molar-refractivity contribution in [3.05, 3.63) is 0 Å². The van der Waals surface area contributed by atoms with Gasteiger partial charge in [0.05, 0.1) is 13.0 Å². The van der Waals surface area contributed by atoms with Gasteiger partial charge >= 0.3 is 5.97 Å². The predicted octanol–water partition coefficient (Wildman–Crippen LogP) is 2.24. The van der Waals surface area contributed by atoms with Crippen LogP contribution in [0, 0.1) is 11.8 Å². The van der Waals surface area contributed by atoms with Crippen molar-refractivity contribution in [1.82, 2.24) is 0 Å². The first-order valence-electron chi connectivity index (χ1n) is 5.97. The number of methoxy groups -OCH3 is 1. The molecule has 18 heavy (non-hydrogen) atoms. The van der Waals surface area contributed by atoms with Crippen LogP contribution in [-0.2, 0) is 14.3 Å². The normalized spacial score (nSPS) is 17.2. The molecule has 0 radical (unpaired) electrons. The molecular weight excluding hydrogens is 252 g/mol. The molecule has 0 aliphatic carbocycles. The average Bonchev–Trinajstić information content (AvgIpc) is 2.11. The van der Waals surface area contributed by atoms with Gasteiger partial charge in [0, 0.05) is 4.75 Å². The number of carbonyl (C=O) groups is 2. The van der Waals surface area contributed by atoms with E-state index in [0.717, 1.165) is 11.8 Å². The predicted molar refractivity (Wildman–Crippen MR) is 73.3 cm³/mol. The van der Waals surface area contributed by atoms with Crippen LogP contribution < -0.4 is 0 Å². The highest BCUT2D eigenvalue weighted by molar-refractivity contribution is 8.14. The summed E-state index contributed by atoms with van der Waals surface area (Å²) in [5.41, 5.74) is -1.79. The Morgan fingerprint density at radius 2 is 1.61 bits per heavy atom. The second-order valence-corrected chi connectivity index (χ2v) is 7.73. The summed E-state index contributed by atoms with van der Waals surface area (Å²) in [6, 6.07) is 0. The number of rotatable bonds is 4. The van der Waals surface area contributed by atoms with Gasteiger partial charge in [-0.05, 0) is 12.8 Å². The first-order chi connectivity index (χ1) is 7.93. The molecule has 0 unspecified atom stereocenters. The Kier molecular flexibility index (Phi) is 5.88. The van der Waals surface area contributed by atoms with Crippen molar-refractivity contribution in [2.45, 2.75) is 51.9 Å². The quantitative estimate of drug-likeness (QED) is 0.798. The average molecular weight is 276 g/mol. The van der Waals surface area contributed by atoms with E-state index in [0.29, 0.717) is 0 Å². The summed E-state index contributed by atoms with van der Waals surface area (Å²) >= 11 is 1.14. The van der Waals surface area contributed by atoms with Crippen LogP contribution in [0.2, 0.25) is 0 Å². The lowest BCUT2D eigenvalue weighted by Gasteiger charge is -2.33. The zero-order chi connectivity index (χ0) is 14.7. The largest absolute Gasteiger partial charge is 0.467 e. The van der Waals surface area contributed by atoms with E-state index in [-0.39, 0.29) is 15.8 Å². The van der Waals surface area contributed by atoms with Crippen LogP contribution in [0.5, 0.6) is 0 Å². The smallest absolute Gasteiger partial charge is 0.338 e. The van der Waals surface area contributed by atoms with E-state index < -0.39 is 17.5 Å². The summed E-state index contributed by atoms with van der Waals surface area (Å²) in [6.45, 7) is 10.7. The fraction of sp³-hybridized carbons (Fsp3) is 0.846. The molecule has 0 aromatic heterocycles. The van der Waals surface area contributed by atoms with E-state index in [2.05, 4.69) is 4.74 Å². The highest BCUT2D eigenvalue weighted by atomic mass is 32.2. The van der Waals surface area contributed by atoms with Crippen LogP contribution >= 0.6 is 11.8 Å². The second-order valence-electron chi connectivity index (χ2n) is 5.89. The summed E-state index contributed by atoms with van der Waals surface area (Å²) in [6.07, 6.45) is 0. The van der Waals surface area contributed by atoms with Crippen LogP contribution in [0.1, 0.15) is 41.5 Å². The maximum Gasteiger partial charge on any atom is 0.338 e. The van der Waals surface area contributed by atoms with Gasteiger partial charge in [-0.1, -0.05) is 46.4 Å². The molecule has 0 aromatic carbocycles. The molecule has 0 saturated heterocycles. The van der Waals surface area contributed by atoms with Gasteiger partial charge in [-0.3, -0.25) is 4.79 Å². The molecule has 0 saturated carbocycles. The van der Waals surface area contributed by atoms with Crippen molar-refractivity contribution < 1.29 is 19.4 Å². The summed E-state index contributed by atoms with van der Waals surface area (Å²) < 4.78 is 4.32. The van der Waals surface area contributed by atoms with Crippen LogP contribution in [0.25, 0.3) is 0 Å². The van der Waals surface area contributed by atoms with Gasteiger partial charge in [-0.2, -0.15) is 0 Å². The fourth-order valence-electron chi connectivity index (χ4n) is 1.85. The number of aliphatic hydroxyl groups is 1. The van der Waals surface area contributed by atoms with E-state index in [4.69, 9.17) is 0 Å². The van der Waals surface area contributed by atoms with E-state index >= 15 is 0 Å². The molecule has 5 heteroatoms. The molecule has 1 N–H and O–H groups in total. The molecule has 2 atom stereocenters. The van der Waals surface area contributed by atoms with E-state index in [1.54, 1.807) is 0 Å². The molecule has 0 aromatic rings. The van der Waals surface area contributed by atoms with Crippen LogP contribution in [0.3, 0.4) is 0 Å². The van der Waals surface area contributed by atoms with Gasteiger partial charge in [0.2, 0.25) is 0 Å². The van der Waals surface area contributed by atoms with Crippen molar-refractivity contribution in [3.8, 4) is 0 Å². The highest BCUT2D eigenvalue weighted by Crippen LogP contribution is 2.35. The third-order valence-corrected chi connectivity index (χ3v) is 3.60. The van der Waals surface area contributed by atoms with Gasteiger partial charge in [-0.15, -0.1) is 0 Å². The molecule has 0 aliphatic rings. The zero-order valence-corrected chi connectivity index (χ0v) is 13.1. The van der Waals surface area contributed by atoms with Crippen molar-refractivity contribution in [2.75, 3.05) is 7.11 Å². The van der Waals surface area contributed by atoms with Crippen molar-refractivity contribution in [1.29, 1.82) is 0 Å². The molecule has 4 nitrogen and oxygen atoms in total. The number of esters is 1. The number of hydrogen-bond donors (Lipinski definition) is 1. The van der Waals surface area contributed by atoms with Crippen LogP contribution in [-0.4, -0.2) is 33.6 Å². The Morgan fingerprint density at radius 3 is 1.89 bits per heavy atom. The Morgan fingerprint density at radius 1 is 1.17 bits per heavy atom. The fourth-order valence-corrected chi connectivity index (χ4v) is 3.08. The van der Waals surface area contributed by atoms with Gasteiger partial charge in [0.1, 0.15) is 0 Å². The molecule has 0 fully saturated rings. The SMILES string of the molecule is COC(=O)[C@@](C)(O)[C@H](C(=O)SC(C)(C)C)C(C)C. The molecule has 0 aliphatic heterocycles. The van der Waals surface area contributed by atoms with E-state index in [9.17, 15) is 14.7 Å². The summed E-state index contributed by atoms with van der Waals surface area (Å²) in [4.78, 5) is 23.9. The van der Waals surface area contributed by atoms with Crippen LogP contribution in [0.4, 0.5) is 0 Å². The van der Waals surface area contributed by atoms with Gasteiger partial charge in [0.25, 0.3) is 0 Å². The minimum absolute atomic E-state index is 0.151. The molecule has 106 valence electrons. The van der Waals surface area contributed by atoms with Crippen molar-refractivity contribution in [2.24, 2.45) is 11.8 Å². The summed E-state index contributed by atoms with van der Waals surface area (Å²) in [5.74, 6) is -1.71. The van der Waals surface area contributed by atoms with Crippen molar-refractivity contribution in [3.63, 3.8) is 0 Å². The summed E-state index contributed by atoms with van der Waals surface area (Å²) in [5, 5.41) is 10.1. The van der Waals surface area contributed by atoms with Gasteiger partial charge in [-0.25, -0.2) is 4.79 Å². The Bertz CT molecular complexity index is 315. The standard InChI is InChI=1S/C13H24O4S/c1-8(2)9(10(14)18-12(3,4)5)13(6,16)11(15)17-7/h8-9,16H,1-7H3/t9-,13-/m0/s1. The molecule has 0 rings (SSSR count). The lowest BCUT2D eigenvalue weighted by atomic mass is 9.81. The molecule has 0 spiro atoms. The van der Waals surface area contributed by atoms with Crippen LogP contribution in [0.15, 0.2) is 0 Å². The number of thioether (sulfide) groups is 1.